The van der Waals surface area contributed by atoms with E-state index < -0.39 is 0 Å². The number of nitrogens with zero attached hydrogens (tertiary/aromatic N) is 2. The molecule has 0 amide bonds. The minimum absolute atomic E-state index is 0. The van der Waals surface area contributed by atoms with Crippen LogP contribution in [0.1, 0.15) is 60.8 Å². The molecule has 3 aromatic rings. The number of aryl methyl sites for hydroxylation is 6. The molecule has 0 aliphatic carbocycles. The largest absolute Gasteiger partial charge is 1.00 e. The first-order valence-corrected chi connectivity index (χ1v) is 13.0. The second-order valence-corrected chi connectivity index (χ2v) is 9.29. The third kappa shape index (κ3) is 12.6. The van der Waals surface area contributed by atoms with Crippen molar-refractivity contribution < 1.29 is 53.3 Å². The Bertz CT molecular complexity index is 889. The maximum atomic E-state index is 9.01. The van der Waals surface area contributed by atoms with Gasteiger partial charge in [-0.25, -0.2) is 9.13 Å². The minimum atomic E-state index is 0. The van der Waals surface area contributed by atoms with Gasteiger partial charge in [-0.3, -0.25) is 0 Å². The summed E-state index contributed by atoms with van der Waals surface area (Å²) in [5.41, 5.74) is 5.47. The molecule has 0 saturated carbocycles. The first kappa shape index (κ1) is 32.4. The summed E-state index contributed by atoms with van der Waals surface area (Å²) in [7, 11) is 0. The Labute approximate surface area is 238 Å². The molecular weight excluding hydrogens is 580 g/mol. The summed E-state index contributed by atoms with van der Waals surface area (Å²) in [4.78, 5) is 0. The van der Waals surface area contributed by atoms with Crippen molar-refractivity contribution in [1.29, 1.82) is 0 Å². The third-order valence-electron chi connectivity index (χ3n) is 6.37. The number of aromatic nitrogens is 2. The molecule has 0 radical (unpaired) electrons. The van der Waals surface area contributed by atoms with Gasteiger partial charge in [0.15, 0.2) is 24.8 Å². The lowest BCUT2D eigenvalue weighted by Gasteiger charge is -2.05. The second-order valence-electron chi connectivity index (χ2n) is 9.29. The zero-order valence-electron chi connectivity index (χ0n) is 21.4. The second kappa shape index (κ2) is 19.5. The van der Waals surface area contributed by atoms with E-state index >= 15 is 0 Å². The van der Waals surface area contributed by atoms with E-state index in [1.807, 2.05) is 0 Å². The molecule has 0 unspecified atom stereocenters. The summed E-state index contributed by atoms with van der Waals surface area (Å²) >= 11 is 0. The van der Waals surface area contributed by atoms with Gasteiger partial charge in [-0.1, -0.05) is 24.3 Å². The van der Waals surface area contributed by atoms with E-state index in [-0.39, 0.29) is 47.2 Å². The standard InChI is InChI=1S/C30H42N2O2.2BrH/c33-23-7-13-29-11-5-21-31(25-29)19-3-1-9-27-15-17-28(18-16-27)10-2-4-20-32-22-6-12-30(26-32)14-8-24-34;;/h5-6,11-12,15-18,21-22,25-26,33-34H,1-4,7-10,13-14,19-20,23-24H2;2*1H/q+2;;/p-2. The van der Waals surface area contributed by atoms with Crippen LogP contribution in [0.5, 0.6) is 0 Å². The van der Waals surface area contributed by atoms with Crippen molar-refractivity contribution in [3.63, 3.8) is 0 Å². The SMILES string of the molecule is OCCCc1ccc[n+](CCCCc2ccc(CCCC[n+]3cccc(CCCO)c3)cc2)c1.[Br-].[Br-]. The van der Waals surface area contributed by atoms with Crippen LogP contribution in [0, 0.1) is 0 Å². The van der Waals surface area contributed by atoms with Crippen LogP contribution in [0.15, 0.2) is 73.3 Å². The van der Waals surface area contributed by atoms with Crippen LogP contribution >= 0.6 is 0 Å². The summed E-state index contributed by atoms with van der Waals surface area (Å²) in [6, 6.07) is 17.7. The van der Waals surface area contributed by atoms with Gasteiger partial charge in [-0.05, 0) is 74.6 Å². The maximum Gasteiger partial charge on any atom is 0.171 e. The number of hydrogen-bond acceptors (Lipinski definition) is 2. The van der Waals surface area contributed by atoms with E-state index in [0.717, 1.165) is 51.6 Å². The van der Waals surface area contributed by atoms with E-state index in [4.69, 9.17) is 10.2 Å². The number of hydrogen-bond donors (Lipinski definition) is 2. The topological polar surface area (TPSA) is 48.2 Å². The first-order valence-electron chi connectivity index (χ1n) is 13.0. The van der Waals surface area contributed by atoms with Crippen LogP contribution in [-0.4, -0.2) is 23.4 Å². The number of pyridine rings is 2. The lowest BCUT2D eigenvalue weighted by atomic mass is 10.0. The van der Waals surface area contributed by atoms with Crippen molar-refractivity contribution >= 4 is 0 Å². The Morgan fingerprint density at radius 2 is 0.861 bits per heavy atom. The van der Waals surface area contributed by atoms with E-state index in [1.165, 1.54) is 47.9 Å². The van der Waals surface area contributed by atoms with Gasteiger partial charge in [0.2, 0.25) is 0 Å². The Morgan fingerprint density at radius 3 is 1.25 bits per heavy atom. The van der Waals surface area contributed by atoms with Crippen molar-refractivity contribution in [1.82, 2.24) is 0 Å². The van der Waals surface area contributed by atoms with Crippen molar-refractivity contribution in [2.45, 2.75) is 77.3 Å². The molecule has 6 heteroatoms. The smallest absolute Gasteiger partial charge is 0.171 e. The van der Waals surface area contributed by atoms with Gasteiger partial charge < -0.3 is 44.2 Å². The van der Waals surface area contributed by atoms with Gasteiger partial charge in [0.05, 0.1) is 0 Å². The molecule has 36 heavy (non-hydrogen) atoms. The Hall–Kier alpha value is -1.60. The molecule has 1 aromatic carbocycles. The molecule has 0 saturated heterocycles. The molecule has 2 aromatic heterocycles. The Kier molecular flexibility index (Phi) is 17.6. The molecule has 2 N–H and O–H groups in total. The zero-order valence-corrected chi connectivity index (χ0v) is 24.5. The fourth-order valence-corrected chi connectivity index (χ4v) is 4.41. The lowest BCUT2D eigenvalue weighted by Crippen LogP contribution is -3.00. The minimum Gasteiger partial charge on any atom is -1.00 e. The number of aliphatic hydroxyl groups excluding tert-OH is 2. The summed E-state index contributed by atoms with van der Waals surface area (Å²) < 4.78 is 4.55. The highest BCUT2D eigenvalue weighted by atomic mass is 79.9. The highest BCUT2D eigenvalue weighted by Gasteiger charge is 2.05. The average molecular weight is 622 g/mol. The molecule has 0 aliphatic heterocycles. The van der Waals surface area contributed by atoms with Crippen LogP contribution in [0.4, 0.5) is 0 Å². The Morgan fingerprint density at radius 1 is 0.472 bits per heavy atom. The van der Waals surface area contributed by atoms with Gasteiger partial charge in [0.1, 0.15) is 13.1 Å². The van der Waals surface area contributed by atoms with Gasteiger partial charge in [0.25, 0.3) is 0 Å². The van der Waals surface area contributed by atoms with E-state index in [1.54, 1.807) is 0 Å². The summed E-state index contributed by atoms with van der Waals surface area (Å²) in [5, 5.41) is 18.0. The highest BCUT2D eigenvalue weighted by molar-refractivity contribution is 5.22. The monoisotopic (exact) mass is 620 g/mol. The number of halogens is 2. The van der Waals surface area contributed by atoms with Crippen LogP contribution in [0.25, 0.3) is 0 Å². The molecule has 0 aliphatic rings. The molecular formula is C30H42Br2N2O2. The summed E-state index contributed by atoms with van der Waals surface area (Å²) in [6.07, 6.45) is 19.3. The predicted molar refractivity (Wildman–Crippen MR) is 136 cm³/mol. The Balaban J connectivity index is 0.00000324. The molecule has 0 bridgehead atoms. The van der Waals surface area contributed by atoms with E-state index in [2.05, 4.69) is 82.5 Å². The molecule has 0 spiro atoms. The van der Waals surface area contributed by atoms with Gasteiger partial charge in [0, 0.05) is 49.3 Å². The van der Waals surface area contributed by atoms with Crippen LogP contribution in [0.2, 0.25) is 0 Å². The molecule has 198 valence electrons. The maximum absolute atomic E-state index is 9.01. The average Bonchev–Trinajstić information content (AvgIpc) is 2.88. The van der Waals surface area contributed by atoms with Crippen molar-refractivity contribution in [3.05, 3.63) is 95.6 Å². The van der Waals surface area contributed by atoms with Crippen LogP contribution in [0.3, 0.4) is 0 Å². The number of benzene rings is 1. The number of rotatable bonds is 16. The lowest BCUT2D eigenvalue weighted by molar-refractivity contribution is -0.697. The molecule has 3 rings (SSSR count). The van der Waals surface area contributed by atoms with Gasteiger partial charge in [-0.2, -0.15) is 0 Å². The quantitative estimate of drug-likeness (QED) is 0.146. The van der Waals surface area contributed by atoms with Gasteiger partial charge in [-0.15, -0.1) is 0 Å². The normalized spacial score (nSPS) is 10.5. The molecule has 0 atom stereocenters. The first-order chi connectivity index (χ1) is 16.8. The van der Waals surface area contributed by atoms with Gasteiger partial charge >= 0.3 is 0 Å². The van der Waals surface area contributed by atoms with Crippen LogP contribution < -0.4 is 43.1 Å². The number of unbranched alkanes of at least 4 members (excludes halogenated alkanes) is 2. The summed E-state index contributed by atoms with van der Waals surface area (Å²) in [6.45, 7) is 2.61. The van der Waals surface area contributed by atoms with Crippen molar-refractivity contribution in [2.75, 3.05) is 13.2 Å². The molecule has 2 heterocycles. The van der Waals surface area contributed by atoms with Crippen LogP contribution in [-0.2, 0) is 38.8 Å². The highest BCUT2D eigenvalue weighted by Crippen LogP contribution is 2.11. The predicted octanol–water partition coefficient (Wildman–Crippen LogP) is -1.83. The van der Waals surface area contributed by atoms with E-state index in [9.17, 15) is 0 Å². The summed E-state index contributed by atoms with van der Waals surface area (Å²) in [5.74, 6) is 0. The zero-order chi connectivity index (χ0) is 23.8. The number of aliphatic hydroxyl groups is 2. The third-order valence-corrected chi connectivity index (χ3v) is 6.37. The fourth-order valence-electron chi connectivity index (χ4n) is 4.41. The fraction of sp³-hybridized carbons (Fsp3) is 0.467. The molecule has 4 nitrogen and oxygen atoms in total. The van der Waals surface area contributed by atoms with Crippen molar-refractivity contribution in [3.8, 4) is 0 Å². The van der Waals surface area contributed by atoms with Crippen molar-refractivity contribution in [2.24, 2.45) is 0 Å². The van der Waals surface area contributed by atoms with E-state index in [0.29, 0.717) is 0 Å². The molecule has 0 fully saturated rings.